The molecule has 0 heterocycles. The number of rotatable bonds is 78. The molecule has 0 radical (unpaired) electrons. The molecule has 0 aromatic rings. The maximum absolute atomic E-state index is 13.0. The highest BCUT2D eigenvalue weighted by Gasteiger charge is 2.29. The number of phosphoric ester groups is 2. The summed E-state index contributed by atoms with van der Waals surface area (Å²) in [6.07, 6.45) is 102. The first-order valence-corrected chi connectivity index (χ1v) is 44.8. The molecular formula is C89H150O16P2. The molecule has 4 N–H and O–H groups in total. The van der Waals surface area contributed by atoms with Gasteiger partial charge in [0.1, 0.15) is 25.4 Å². The minimum atomic E-state index is -4.95. The van der Waals surface area contributed by atoms with Gasteiger partial charge in [0.05, 0.1) is 26.4 Å². The summed E-state index contributed by atoms with van der Waals surface area (Å²) in [5, 5.41) is 20.7. The lowest BCUT2D eigenvalue weighted by Gasteiger charge is -2.21. The van der Waals surface area contributed by atoms with Crippen molar-refractivity contribution in [1.29, 1.82) is 0 Å². The monoisotopic (exact) mass is 1540 g/mol. The van der Waals surface area contributed by atoms with Crippen LogP contribution < -0.4 is 0 Å². The summed E-state index contributed by atoms with van der Waals surface area (Å²) in [7, 11) is -9.82. The van der Waals surface area contributed by atoms with Crippen molar-refractivity contribution in [2.75, 3.05) is 39.6 Å². The SMILES string of the molecule is CC/C=C\C/C=C\C/C=C\C/C=C\C/C=C\C/C=C\CCC(=O)OCC(COP(=O)(O)OCC(O)COP(=O)(O)OCC(O)COC(=O)CCCCCCCCCCCCCCCCCCCCC/C=C\C/C=C\C/C=C\C/C=C\CCCCC)OC(=O)CCCCCCCCC/C=C\C/C=C\C/C=C\CC. The second kappa shape index (κ2) is 80.7. The number of phosphoric acid groups is 2. The molecule has 0 spiro atoms. The first kappa shape index (κ1) is 102. The Morgan fingerprint density at radius 1 is 0.271 bits per heavy atom. The molecule has 0 aliphatic rings. The number of aliphatic hydroxyl groups is 2. The number of hydrogen-bond acceptors (Lipinski definition) is 14. The first-order chi connectivity index (χ1) is 52.2. The fourth-order valence-electron chi connectivity index (χ4n) is 10.9. The third-order valence-electron chi connectivity index (χ3n) is 17.2. The average Bonchev–Trinajstić information content (AvgIpc) is 0.923. The van der Waals surface area contributed by atoms with E-state index in [2.05, 4.69) is 161 Å². The van der Waals surface area contributed by atoms with Crippen molar-refractivity contribution in [2.24, 2.45) is 0 Å². The van der Waals surface area contributed by atoms with Crippen LogP contribution in [0, 0.1) is 0 Å². The van der Waals surface area contributed by atoms with Gasteiger partial charge in [-0.3, -0.25) is 32.5 Å². The predicted molar refractivity (Wildman–Crippen MR) is 445 cm³/mol. The zero-order valence-electron chi connectivity index (χ0n) is 67.0. The van der Waals surface area contributed by atoms with Gasteiger partial charge < -0.3 is 34.2 Å². The molecule has 5 atom stereocenters. The standard InChI is InChI=1S/C89H150O16P2/c1-4-7-10-13-16-19-22-25-28-31-33-34-35-36-37-38-39-40-41-42-43-44-45-46-47-48-50-53-54-57-60-63-66-69-72-75-87(92)99-78-84(90)79-101-106(95,96)102-80-85(91)81-103-107(97,98)104-83-86(105-89(94)77-74-71-68-65-62-59-56-51-30-27-24-21-18-15-12-9-6-3)82-100-88(93)76-73-70-67-64-61-58-55-52-49-32-29-26-23-20-17-14-11-8-5-2/h8-9,11-12,16-21,25-30,33-34,36-37,49,52,58,61,67,70,84-86,90-91H,4-7,10,13-15,22-24,31-32,35,38-48,50-51,53-57,59-60,62-66,68-69,71-83H2,1-3H3,(H,95,96)(H,97,98)/b11-8-,12-9-,19-16-,20-17-,21-18-,28-25-,29-26-,30-27-,34-33-,37-36-,52-49-,61-58-,70-67-. The van der Waals surface area contributed by atoms with Gasteiger partial charge in [-0.2, -0.15) is 0 Å². The van der Waals surface area contributed by atoms with Gasteiger partial charge in [0.15, 0.2) is 6.10 Å². The normalized spacial score (nSPS) is 14.7. The van der Waals surface area contributed by atoms with Crippen molar-refractivity contribution in [3.05, 3.63) is 158 Å². The molecular weight excluding hydrogens is 1390 g/mol. The highest BCUT2D eigenvalue weighted by atomic mass is 31.2. The van der Waals surface area contributed by atoms with E-state index in [9.17, 15) is 43.5 Å². The highest BCUT2D eigenvalue weighted by molar-refractivity contribution is 7.47. The van der Waals surface area contributed by atoms with Crippen molar-refractivity contribution in [1.82, 2.24) is 0 Å². The highest BCUT2D eigenvalue weighted by Crippen LogP contribution is 2.45. The van der Waals surface area contributed by atoms with E-state index >= 15 is 0 Å². The van der Waals surface area contributed by atoms with Gasteiger partial charge in [0.25, 0.3) is 0 Å². The Balaban J connectivity index is 4.48. The number of aliphatic hydroxyl groups excluding tert-OH is 2. The second-order valence-electron chi connectivity index (χ2n) is 27.5. The molecule has 0 aromatic carbocycles. The van der Waals surface area contributed by atoms with Crippen LogP contribution in [-0.2, 0) is 55.8 Å². The van der Waals surface area contributed by atoms with Crippen LogP contribution in [0.15, 0.2) is 158 Å². The first-order valence-electron chi connectivity index (χ1n) is 41.8. The van der Waals surface area contributed by atoms with Gasteiger partial charge in [0.2, 0.25) is 0 Å². The predicted octanol–water partition coefficient (Wildman–Crippen LogP) is 25.0. The molecule has 612 valence electrons. The summed E-state index contributed by atoms with van der Waals surface area (Å²) in [6.45, 7) is 2.34. The molecule has 0 aliphatic carbocycles. The van der Waals surface area contributed by atoms with Crippen molar-refractivity contribution in [3.8, 4) is 0 Å². The van der Waals surface area contributed by atoms with Crippen LogP contribution in [0.3, 0.4) is 0 Å². The topological polar surface area (TPSA) is 231 Å². The lowest BCUT2D eigenvalue weighted by atomic mass is 10.0. The Kier molecular flexibility index (Phi) is 77.0. The minimum absolute atomic E-state index is 0.0385. The van der Waals surface area contributed by atoms with E-state index in [1.807, 2.05) is 18.2 Å². The van der Waals surface area contributed by atoms with E-state index in [0.717, 1.165) is 135 Å². The van der Waals surface area contributed by atoms with Gasteiger partial charge in [-0.15, -0.1) is 0 Å². The quantitative estimate of drug-likeness (QED) is 0.0146. The number of carbonyl (C=O) groups excluding carboxylic acids is 3. The molecule has 0 amide bonds. The summed E-state index contributed by atoms with van der Waals surface area (Å²) in [5.74, 6) is -1.69. The maximum Gasteiger partial charge on any atom is 0.472 e. The zero-order valence-corrected chi connectivity index (χ0v) is 68.8. The molecule has 5 unspecified atom stereocenters. The van der Waals surface area contributed by atoms with Crippen LogP contribution >= 0.6 is 15.6 Å². The molecule has 0 aromatic heterocycles. The third-order valence-corrected chi connectivity index (χ3v) is 19.1. The van der Waals surface area contributed by atoms with Crippen LogP contribution in [0.4, 0.5) is 0 Å². The van der Waals surface area contributed by atoms with E-state index < -0.39 is 91.5 Å². The van der Waals surface area contributed by atoms with Gasteiger partial charge in [-0.25, -0.2) is 9.13 Å². The third kappa shape index (κ3) is 82.0. The lowest BCUT2D eigenvalue weighted by molar-refractivity contribution is -0.161. The van der Waals surface area contributed by atoms with Crippen molar-refractivity contribution in [2.45, 2.75) is 347 Å². The summed E-state index contributed by atoms with van der Waals surface area (Å²) < 4.78 is 61.1. The molecule has 16 nitrogen and oxygen atoms in total. The maximum atomic E-state index is 13.0. The summed E-state index contributed by atoms with van der Waals surface area (Å²) >= 11 is 0. The Morgan fingerprint density at radius 2 is 0.514 bits per heavy atom. The van der Waals surface area contributed by atoms with Crippen LogP contribution in [0.2, 0.25) is 0 Å². The smallest absolute Gasteiger partial charge is 0.463 e. The number of unbranched alkanes of at least 4 members (excludes halogenated alkanes) is 29. The Hall–Kier alpha value is -4.83. The van der Waals surface area contributed by atoms with Crippen LogP contribution in [0.25, 0.3) is 0 Å². The number of ether oxygens (including phenoxy) is 3. The zero-order chi connectivity index (χ0) is 78.0. The van der Waals surface area contributed by atoms with Gasteiger partial charge in [-0.1, -0.05) is 333 Å². The minimum Gasteiger partial charge on any atom is -0.463 e. The number of allylic oxidation sites excluding steroid dienone is 26. The Bertz CT molecular complexity index is 2580. The van der Waals surface area contributed by atoms with Gasteiger partial charge >= 0.3 is 33.6 Å². The summed E-state index contributed by atoms with van der Waals surface area (Å²) in [4.78, 5) is 58.7. The van der Waals surface area contributed by atoms with Crippen LogP contribution in [0.5, 0.6) is 0 Å². The Morgan fingerprint density at radius 3 is 0.841 bits per heavy atom. The van der Waals surface area contributed by atoms with E-state index in [1.54, 1.807) is 0 Å². The number of hydrogen-bond donors (Lipinski definition) is 4. The number of esters is 3. The van der Waals surface area contributed by atoms with Gasteiger partial charge in [-0.05, 0) is 135 Å². The molecule has 0 aliphatic heterocycles. The van der Waals surface area contributed by atoms with E-state index in [4.69, 9.17) is 32.3 Å². The average molecular weight is 1540 g/mol. The molecule has 0 fully saturated rings. The van der Waals surface area contributed by atoms with E-state index in [0.29, 0.717) is 25.7 Å². The lowest BCUT2D eigenvalue weighted by Crippen LogP contribution is -2.30. The van der Waals surface area contributed by atoms with Crippen molar-refractivity contribution >= 4 is 33.6 Å². The van der Waals surface area contributed by atoms with E-state index in [-0.39, 0.29) is 19.3 Å². The Labute approximate surface area is 650 Å². The van der Waals surface area contributed by atoms with Crippen molar-refractivity contribution < 1.29 is 75.8 Å². The number of carbonyl (C=O) groups is 3. The molecule has 0 saturated heterocycles. The molecule has 0 rings (SSSR count). The van der Waals surface area contributed by atoms with Crippen LogP contribution in [0.1, 0.15) is 329 Å². The molecule has 107 heavy (non-hydrogen) atoms. The largest absolute Gasteiger partial charge is 0.472 e. The van der Waals surface area contributed by atoms with E-state index in [1.165, 1.54) is 128 Å². The summed E-state index contributed by atoms with van der Waals surface area (Å²) in [6, 6.07) is 0. The van der Waals surface area contributed by atoms with Gasteiger partial charge in [0, 0.05) is 19.3 Å². The molecule has 0 bridgehead atoms. The van der Waals surface area contributed by atoms with Crippen molar-refractivity contribution in [3.63, 3.8) is 0 Å². The molecule has 18 heteroatoms. The summed E-state index contributed by atoms with van der Waals surface area (Å²) in [5.41, 5.74) is 0. The molecule has 0 saturated carbocycles. The fourth-order valence-corrected chi connectivity index (χ4v) is 12.5. The fraction of sp³-hybridized carbons (Fsp3) is 0.674. The van der Waals surface area contributed by atoms with Crippen LogP contribution in [-0.4, -0.2) is 95.9 Å². The second-order valence-corrected chi connectivity index (χ2v) is 30.4.